The SMILES string of the molecule is CC(C)(Oc1ccc(Cl)cc1)C(=O)NCC(=O)c1ccc(OC(=O)C(C)(C)Oc2ccc(Cl)cc2)cc1. The fourth-order valence-corrected chi connectivity index (χ4v) is 3.35. The lowest BCUT2D eigenvalue weighted by Crippen LogP contribution is -2.47. The minimum absolute atomic E-state index is 0.229. The van der Waals surface area contributed by atoms with Gasteiger partial charge in [-0.1, -0.05) is 23.2 Å². The molecular weight excluding hydrogens is 517 g/mol. The van der Waals surface area contributed by atoms with E-state index in [4.69, 9.17) is 37.4 Å². The summed E-state index contributed by atoms with van der Waals surface area (Å²) in [7, 11) is 0. The summed E-state index contributed by atoms with van der Waals surface area (Å²) in [5.74, 6) is -0.199. The van der Waals surface area contributed by atoms with Crippen LogP contribution in [0.25, 0.3) is 0 Å². The number of hydrogen-bond donors (Lipinski definition) is 1. The van der Waals surface area contributed by atoms with Gasteiger partial charge in [-0.3, -0.25) is 9.59 Å². The van der Waals surface area contributed by atoms with Gasteiger partial charge in [0.2, 0.25) is 5.60 Å². The Morgan fingerprint density at radius 2 is 1.11 bits per heavy atom. The third kappa shape index (κ3) is 7.97. The summed E-state index contributed by atoms with van der Waals surface area (Å²) in [5, 5.41) is 3.70. The topological polar surface area (TPSA) is 90.9 Å². The van der Waals surface area contributed by atoms with Crippen LogP contribution in [0.3, 0.4) is 0 Å². The number of halogens is 2. The molecule has 3 aromatic carbocycles. The second-order valence-electron chi connectivity index (χ2n) is 9.15. The molecule has 194 valence electrons. The van der Waals surface area contributed by atoms with E-state index in [1.165, 1.54) is 24.3 Å². The van der Waals surface area contributed by atoms with Crippen molar-refractivity contribution in [2.75, 3.05) is 6.54 Å². The Bertz CT molecular complexity index is 1250. The lowest BCUT2D eigenvalue weighted by atomic mass is 10.1. The standard InChI is InChI=1S/C28H27Cl2NO6/c1-27(2,36-22-13-7-19(29)8-14-22)25(33)31-17-24(32)18-5-11-21(12-6-18)35-26(34)28(3,4)37-23-15-9-20(30)10-16-23/h5-16H,17H2,1-4H3,(H,31,33). The number of ketones is 1. The number of carbonyl (C=O) groups excluding carboxylic acids is 3. The van der Waals surface area contributed by atoms with Crippen molar-refractivity contribution in [3.8, 4) is 17.2 Å². The van der Waals surface area contributed by atoms with E-state index in [-0.39, 0.29) is 18.1 Å². The Balaban J connectivity index is 1.53. The number of rotatable bonds is 10. The lowest BCUT2D eigenvalue weighted by Gasteiger charge is -2.25. The van der Waals surface area contributed by atoms with E-state index in [2.05, 4.69) is 5.32 Å². The first-order chi connectivity index (χ1) is 17.4. The van der Waals surface area contributed by atoms with Crippen LogP contribution in [0.2, 0.25) is 10.0 Å². The van der Waals surface area contributed by atoms with Gasteiger partial charge in [-0.2, -0.15) is 0 Å². The van der Waals surface area contributed by atoms with Gasteiger partial charge in [0, 0.05) is 15.6 Å². The van der Waals surface area contributed by atoms with Gasteiger partial charge in [-0.05, 0) is 100 Å². The molecule has 0 fully saturated rings. The fourth-order valence-electron chi connectivity index (χ4n) is 3.10. The second kappa shape index (κ2) is 11.7. The first-order valence-corrected chi connectivity index (χ1v) is 12.1. The van der Waals surface area contributed by atoms with Crippen molar-refractivity contribution >= 4 is 40.9 Å². The van der Waals surface area contributed by atoms with Crippen LogP contribution in [0.5, 0.6) is 17.2 Å². The van der Waals surface area contributed by atoms with E-state index in [1.807, 2.05) is 0 Å². The molecule has 1 N–H and O–H groups in total. The zero-order valence-electron chi connectivity index (χ0n) is 20.8. The van der Waals surface area contributed by atoms with Gasteiger partial charge in [-0.15, -0.1) is 0 Å². The number of benzene rings is 3. The Kier molecular flexibility index (Phi) is 8.84. The molecule has 7 nitrogen and oxygen atoms in total. The second-order valence-corrected chi connectivity index (χ2v) is 10.0. The largest absolute Gasteiger partial charge is 0.478 e. The third-order valence-electron chi connectivity index (χ3n) is 5.21. The Labute approximate surface area is 225 Å². The van der Waals surface area contributed by atoms with Gasteiger partial charge in [0.1, 0.15) is 17.2 Å². The van der Waals surface area contributed by atoms with E-state index >= 15 is 0 Å². The molecule has 3 aromatic rings. The maximum absolute atomic E-state index is 12.6. The van der Waals surface area contributed by atoms with Gasteiger partial charge >= 0.3 is 5.97 Å². The molecule has 0 saturated carbocycles. The average Bonchev–Trinajstić information content (AvgIpc) is 2.85. The normalized spacial score (nSPS) is 11.4. The van der Waals surface area contributed by atoms with Gasteiger partial charge in [0.05, 0.1) is 6.54 Å². The lowest BCUT2D eigenvalue weighted by molar-refractivity contribution is -0.149. The molecule has 0 bridgehead atoms. The number of Topliss-reactive ketones (excluding diaryl/α,β-unsaturated/α-hetero) is 1. The van der Waals surface area contributed by atoms with Crippen LogP contribution in [0.15, 0.2) is 72.8 Å². The van der Waals surface area contributed by atoms with Crippen LogP contribution in [0.4, 0.5) is 0 Å². The summed E-state index contributed by atoms with van der Waals surface area (Å²) in [6, 6.07) is 19.3. The van der Waals surface area contributed by atoms with Crippen LogP contribution in [-0.4, -0.2) is 35.4 Å². The summed E-state index contributed by atoms with van der Waals surface area (Å²) in [6.07, 6.45) is 0. The number of nitrogens with one attached hydrogen (secondary N) is 1. The molecule has 0 aromatic heterocycles. The van der Waals surface area contributed by atoms with Crippen LogP contribution in [0, 0.1) is 0 Å². The molecule has 0 unspecified atom stereocenters. The van der Waals surface area contributed by atoms with Gasteiger partial charge in [0.15, 0.2) is 11.4 Å². The Morgan fingerprint density at radius 1 is 0.676 bits per heavy atom. The molecule has 0 aliphatic rings. The van der Waals surface area contributed by atoms with E-state index < -0.39 is 23.1 Å². The van der Waals surface area contributed by atoms with Gasteiger partial charge in [0.25, 0.3) is 5.91 Å². The Morgan fingerprint density at radius 3 is 1.59 bits per heavy atom. The quantitative estimate of drug-likeness (QED) is 0.194. The summed E-state index contributed by atoms with van der Waals surface area (Å²) >= 11 is 11.7. The predicted molar refractivity (Wildman–Crippen MR) is 142 cm³/mol. The summed E-state index contributed by atoms with van der Waals surface area (Å²) in [5.41, 5.74) is -2.14. The van der Waals surface area contributed by atoms with Crippen molar-refractivity contribution in [2.45, 2.75) is 38.9 Å². The van der Waals surface area contributed by atoms with E-state index in [9.17, 15) is 14.4 Å². The van der Waals surface area contributed by atoms with E-state index in [0.717, 1.165) is 0 Å². The number of amides is 1. The first kappa shape index (κ1) is 28.0. The van der Waals surface area contributed by atoms with Gasteiger partial charge in [-0.25, -0.2) is 4.79 Å². The van der Waals surface area contributed by atoms with Crippen molar-refractivity contribution in [1.82, 2.24) is 5.32 Å². The predicted octanol–water partition coefficient (Wildman–Crippen LogP) is 5.91. The molecule has 0 spiro atoms. The summed E-state index contributed by atoms with van der Waals surface area (Å²) in [6.45, 7) is 6.14. The van der Waals surface area contributed by atoms with E-state index in [1.54, 1.807) is 76.2 Å². The molecule has 9 heteroatoms. The molecule has 0 atom stereocenters. The maximum atomic E-state index is 12.6. The monoisotopic (exact) mass is 543 g/mol. The summed E-state index contributed by atoms with van der Waals surface area (Å²) in [4.78, 5) is 37.8. The fraction of sp³-hybridized carbons (Fsp3) is 0.250. The molecule has 0 aliphatic carbocycles. The average molecular weight is 544 g/mol. The minimum atomic E-state index is -1.27. The molecular formula is C28H27Cl2NO6. The van der Waals surface area contributed by atoms with Crippen molar-refractivity contribution in [2.24, 2.45) is 0 Å². The molecule has 0 radical (unpaired) electrons. The minimum Gasteiger partial charge on any atom is -0.478 e. The molecule has 0 aliphatic heterocycles. The van der Waals surface area contributed by atoms with Crippen molar-refractivity contribution in [3.63, 3.8) is 0 Å². The van der Waals surface area contributed by atoms with Crippen molar-refractivity contribution in [1.29, 1.82) is 0 Å². The van der Waals surface area contributed by atoms with Crippen molar-refractivity contribution in [3.05, 3.63) is 88.4 Å². The molecule has 3 rings (SSSR count). The van der Waals surface area contributed by atoms with Crippen molar-refractivity contribution < 1.29 is 28.6 Å². The highest BCUT2D eigenvalue weighted by atomic mass is 35.5. The molecule has 0 saturated heterocycles. The number of carbonyl (C=O) groups is 3. The molecule has 0 heterocycles. The summed E-state index contributed by atoms with van der Waals surface area (Å²) < 4.78 is 16.9. The highest BCUT2D eigenvalue weighted by Crippen LogP contribution is 2.24. The zero-order chi connectivity index (χ0) is 27.2. The molecule has 37 heavy (non-hydrogen) atoms. The smallest absolute Gasteiger partial charge is 0.355 e. The number of ether oxygens (including phenoxy) is 3. The van der Waals surface area contributed by atoms with Crippen LogP contribution in [0.1, 0.15) is 38.1 Å². The third-order valence-corrected chi connectivity index (χ3v) is 5.71. The van der Waals surface area contributed by atoms with Crippen LogP contribution in [-0.2, 0) is 9.59 Å². The molecule has 1 amide bonds. The van der Waals surface area contributed by atoms with Crippen LogP contribution < -0.4 is 19.5 Å². The zero-order valence-corrected chi connectivity index (χ0v) is 22.4. The maximum Gasteiger partial charge on any atom is 0.355 e. The number of hydrogen-bond acceptors (Lipinski definition) is 6. The van der Waals surface area contributed by atoms with E-state index in [0.29, 0.717) is 27.1 Å². The Hall–Kier alpha value is -3.55. The van der Waals surface area contributed by atoms with Gasteiger partial charge < -0.3 is 19.5 Å². The highest BCUT2D eigenvalue weighted by Gasteiger charge is 2.33. The number of esters is 1. The highest BCUT2D eigenvalue weighted by molar-refractivity contribution is 6.30. The van der Waals surface area contributed by atoms with Crippen LogP contribution >= 0.6 is 23.2 Å². The first-order valence-electron chi connectivity index (χ1n) is 11.4.